The molecule has 1 aliphatic carbocycles. The highest BCUT2D eigenvalue weighted by atomic mass is 32.1. The molecule has 2 heterocycles. The van der Waals surface area contributed by atoms with Gasteiger partial charge in [-0.2, -0.15) is 0 Å². The van der Waals surface area contributed by atoms with Gasteiger partial charge >= 0.3 is 0 Å². The molecular weight excluding hydrogens is 230 g/mol. The lowest BCUT2D eigenvalue weighted by Crippen LogP contribution is -2.37. The van der Waals surface area contributed by atoms with E-state index in [1.54, 1.807) is 0 Å². The smallest absolute Gasteiger partial charge is 0.289 e. The lowest BCUT2D eigenvalue weighted by molar-refractivity contribution is 0.150. The molecule has 0 atom stereocenters. The molecule has 1 aromatic rings. The van der Waals surface area contributed by atoms with Gasteiger partial charge in [-0.3, -0.25) is 0 Å². The number of piperidine rings is 1. The van der Waals surface area contributed by atoms with E-state index >= 15 is 0 Å². The van der Waals surface area contributed by atoms with Crippen LogP contribution in [0.5, 0.6) is 0 Å². The second-order valence-electron chi connectivity index (χ2n) is 4.83. The molecule has 0 bridgehead atoms. The Kier molecular flexibility index (Phi) is 2.47. The third-order valence-corrected chi connectivity index (χ3v) is 4.83. The van der Waals surface area contributed by atoms with Crippen molar-refractivity contribution in [1.82, 2.24) is 10.3 Å². The third-order valence-electron chi connectivity index (χ3n) is 3.72. The van der Waals surface area contributed by atoms with Gasteiger partial charge in [0.2, 0.25) is 0 Å². The summed E-state index contributed by atoms with van der Waals surface area (Å²) in [5.41, 5.74) is 1.28. The van der Waals surface area contributed by atoms with Crippen LogP contribution in [-0.2, 0) is 12.8 Å². The minimum absolute atomic E-state index is 0.00813. The number of alkyl halides is 2. The maximum Gasteiger partial charge on any atom is 0.289 e. The monoisotopic (exact) mass is 244 g/mol. The molecule has 0 radical (unpaired) electrons. The van der Waals surface area contributed by atoms with Gasteiger partial charge in [-0.15, -0.1) is 11.3 Å². The Morgan fingerprint density at radius 3 is 2.62 bits per heavy atom. The Morgan fingerprint density at radius 1 is 1.25 bits per heavy atom. The number of nitrogens with one attached hydrogen (secondary N) is 1. The van der Waals surface area contributed by atoms with Crippen molar-refractivity contribution in [3.05, 3.63) is 15.6 Å². The van der Waals surface area contributed by atoms with Crippen LogP contribution in [0.1, 0.15) is 34.8 Å². The fourth-order valence-electron chi connectivity index (χ4n) is 2.84. The van der Waals surface area contributed by atoms with Crippen LogP contribution in [0.2, 0.25) is 0 Å². The van der Waals surface area contributed by atoms with E-state index in [2.05, 4.69) is 10.3 Å². The van der Waals surface area contributed by atoms with Crippen molar-refractivity contribution in [2.24, 2.45) is 5.41 Å². The molecule has 1 spiro atoms. The summed E-state index contributed by atoms with van der Waals surface area (Å²) in [6.45, 7) is 2.10. The minimum Gasteiger partial charge on any atom is -0.317 e. The van der Waals surface area contributed by atoms with E-state index in [1.807, 2.05) is 0 Å². The highest BCUT2D eigenvalue weighted by Gasteiger charge is 2.40. The van der Waals surface area contributed by atoms with E-state index in [4.69, 9.17) is 0 Å². The summed E-state index contributed by atoms with van der Waals surface area (Å²) in [5, 5.41) is 3.36. The van der Waals surface area contributed by atoms with Gasteiger partial charge in [0.05, 0.1) is 5.69 Å². The summed E-state index contributed by atoms with van der Waals surface area (Å²) < 4.78 is 25.0. The molecule has 1 fully saturated rings. The summed E-state index contributed by atoms with van der Waals surface area (Å²) >= 11 is 1.22. The van der Waals surface area contributed by atoms with Crippen LogP contribution < -0.4 is 5.32 Å². The maximum absolute atomic E-state index is 12.5. The largest absolute Gasteiger partial charge is 0.317 e. The first kappa shape index (κ1) is 10.6. The third kappa shape index (κ3) is 1.66. The zero-order chi connectivity index (χ0) is 11.2. The molecule has 1 aromatic heterocycles. The molecule has 1 aliphatic heterocycles. The Hall–Kier alpha value is -0.550. The Bertz CT molecular complexity index is 371. The van der Waals surface area contributed by atoms with E-state index in [9.17, 15) is 8.78 Å². The number of hydrogen-bond acceptors (Lipinski definition) is 3. The Balaban J connectivity index is 1.82. The molecule has 2 nitrogen and oxygen atoms in total. The van der Waals surface area contributed by atoms with Crippen LogP contribution >= 0.6 is 11.3 Å². The van der Waals surface area contributed by atoms with Crippen LogP contribution in [0.15, 0.2) is 0 Å². The van der Waals surface area contributed by atoms with E-state index in [1.165, 1.54) is 11.3 Å². The standard InChI is InChI=1S/C11H14F2N2S/c12-9(13)10-15-7-5-11(6-8(7)16-10)1-3-14-4-2-11/h9,14H,1-6H2. The number of rotatable bonds is 1. The maximum atomic E-state index is 12.5. The first-order chi connectivity index (χ1) is 7.69. The van der Waals surface area contributed by atoms with Crippen LogP contribution in [0, 0.1) is 5.41 Å². The van der Waals surface area contributed by atoms with E-state index in [0.717, 1.165) is 49.3 Å². The molecule has 16 heavy (non-hydrogen) atoms. The van der Waals surface area contributed by atoms with Gasteiger partial charge in [0.15, 0.2) is 5.01 Å². The molecule has 0 unspecified atom stereocenters. The van der Waals surface area contributed by atoms with Crippen LogP contribution in [0.3, 0.4) is 0 Å². The fourth-order valence-corrected chi connectivity index (χ4v) is 3.95. The molecule has 1 N–H and O–H groups in total. The molecular formula is C11H14F2N2S. The first-order valence-corrected chi connectivity index (χ1v) is 6.48. The van der Waals surface area contributed by atoms with Crippen LogP contribution in [0.4, 0.5) is 8.78 Å². The summed E-state index contributed by atoms with van der Waals surface area (Å²) in [5.74, 6) is 0. The molecule has 0 amide bonds. The first-order valence-electron chi connectivity index (χ1n) is 5.66. The quantitative estimate of drug-likeness (QED) is 0.821. The van der Waals surface area contributed by atoms with E-state index < -0.39 is 6.43 Å². The average molecular weight is 244 g/mol. The molecule has 5 heteroatoms. The summed E-state index contributed by atoms with van der Waals surface area (Å²) in [6.07, 6.45) is 1.78. The van der Waals surface area contributed by atoms with Crippen molar-refractivity contribution in [1.29, 1.82) is 0 Å². The molecule has 3 rings (SSSR count). The van der Waals surface area contributed by atoms with Gasteiger partial charge in [-0.1, -0.05) is 0 Å². The van der Waals surface area contributed by atoms with Gasteiger partial charge < -0.3 is 5.32 Å². The summed E-state index contributed by atoms with van der Waals surface area (Å²) in [7, 11) is 0. The van der Waals surface area contributed by atoms with Crippen LogP contribution in [0.25, 0.3) is 0 Å². The number of halogens is 2. The number of thiazole rings is 1. The summed E-state index contributed by atoms with van der Waals surface area (Å²) in [4.78, 5) is 5.20. The number of nitrogens with zero attached hydrogens (tertiary/aromatic N) is 1. The Morgan fingerprint density at radius 2 is 2.00 bits per heavy atom. The zero-order valence-electron chi connectivity index (χ0n) is 8.93. The lowest BCUT2D eigenvalue weighted by Gasteiger charge is -2.33. The van der Waals surface area contributed by atoms with Gasteiger partial charge in [-0.25, -0.2) is 13.8 Å². The highest BCUT2D eigenvalue weighted by molar-refractivity contribution is 7.11. The highest BCUT2D eigenvalue weighted by Crippen LogP contribution is 2.46. The molecule has 1 saturated heterocycles. The van der Waals surface area contributed by atoms with E-state index in [-0.39, 0.29) is 5.01 Å². The van der Waals surface area contributed by atoms with Crippen molar-refractivity contribution in [2.75, 3.05) is 13.1 Å². The van der Waals surface area contributed by atoms with Crippen molar-refractivity contribution in [3.8, 4) is 0 Å². The molecule has 0 saturated carbocycles. The van der Waals surface area contributed by atoms with Gasteiger partial charge in [-0.05, 0) is 44.2 Å². The second-order valence-corrected chi connectivity index (χ2v) is 5.94. The summed E-state index contributed by atoms with van der Waals surface area (Å²) in [6, 6.07) is 0. The van der Waals surface area contributed by atoms with Crippen LogP contribution in [-0.4, -0.2) is 18.1 Å². The predicted octanol–water partition coefficient (Wildman–Crippen LogP) is 2.55. The predicted molar refractivity (Wildman–Crippen MR) is 59.0 cm³/mol. The fraction of sp³-hybridized carbons (Fsp3) is 0.727. The van der Waals surface area contributed by atoms with Gasteiger partial charge in [0, 0.05) is 4.88 Å². The second kappa shape index (κ2) is 3.74. The number of aromatic nitrogens is 1. The lowest BCUT2D eigenvalue weighted by atomic mass is 9.77. The molecule has 88 valence electrons. The normalized spacial score (nSPS) is 22.9. The molecule has 0 aromatic carbocycles. The Labute approximate surface area is 97.1 Å². The van der Waals surface area contributed by atoms with Crippen molar-refractivity contribution in [3.63, 3.8) is 0 Å². The van der Waals surface area contributed by atoms with Crippen molar-refractivity contribution in [2.45, 2.75) is 32.1 Å². The van der Waals surface area contributed by atoms with Gasteiger partial charge in [0.25, 0.3) is 6.43 Å². The molecule has 2 aliphatic rings. The SMILES string of the molecule is FC(F)c1nc2c(s1)CC1(CCNCC1)C2. The van der Waals surface area contributed by atoms with Crippen molar-refractivity contribution < 1.29 is 8.78 Å². The van der Waals surface area contributed by atoms with Crippen molar-refractivity contribution >= 4 is 11.3 Å². The minimum atomic E-state index is -2.40. The van der Waals surface area contributed by atoms with E-state index in [0.29, 0.717) is 5.41 Å². The topological polar surface area (TPSA) is 24.9 Å². The van der Waals surface area contributed by atoms with Gasteiger partial charge in [0.1, 0.15) is 0 Å². The number of hydrogen-bond donors (Lipinski definition) is 1. The average Bonchev–Trinajstić information content (AvgIpc) is 2.74. The number of fused-ring (bicyclic) bond motifs is 1. The zero-order valence-corrected chi connectivity index (χ0v) is 9.75.